The van der Waals surface area contributed by atoms with E-state index >= 15 is 0 Å². The van der Waals surface area contributed by atoms with E-state index in [0.29, 0.717) is 34.7 Å². The lowest BCUT2D eigenvalue weighted by Crippen LogP contribution is -2.31. The molecule has 0 amide bonds. The van der Waals surface area contributed by atoms with Crippen LogP contribution in [0.5, 0.6) is 11.5 Å². The molecular weight excluding hydrogens is 793 g/mol. The van der Waals surface area contributed by atoms with Crippen LogP contribution in [-0.4, -0.2) is 14.1 Å². The second-order valence-electron chi connectivity index (χ2n) is 18.4. The normalized spacial score (nSPS) is 12.5. The fourth-order valence-electron chi connectivity index (χ4n) is 9.39. The number of rotatable bonds is 13. The van der Waals surface area contributed by atoms with Crippen molar-refractivity contribution in [2.75, 3.05) is 0 Å². The molecule has 5 nitrogen and oxygen atoms in total. The van der Waals surface area contributed by atoms with Gasteiger partial charge in [0.25, 0.3) is 6.33 Å². The Hall–Kier alpha value is -7.24. The number of fused-ring (bicyclic) bond motifs is 4. The maximum absolute atomic E-state index is 8.84. The van der Waals surface area contributed by atoms with E-state index < -0.39 is 6.37 Å². The Bertz CT molecular complexity index is 3360. The predicted molar refractivity (Wildman–Crippen MR) is 269 cm³/mol. The summed E-state index contributed by atoms with van der Waals surface area (Å²) in [6.07, 6.45) is 6.07. The second-order valence-corrected chi connectivity index (χ2v) is 18.4. The SMILES string of the molecule is [2H]C([2H])(c1ccnc(-n2c3ccccc3c3ccc(Oc4cccc(-n5[c-][n+](-c6c(-c7cccc(CC(C)C)c7)cccc6-c6cccc(CC(C)C)c6)c6ccccc65)c4)cc32)c1)C(C)C. The van der Waals surface area contributed by atoms with E-state index in [2.05, 4.69) is 175 Å². The van der Waals surface area contributed by atoms with Gasteiger partial charge >= 0.3 is 0 Å². The number of nitrogens with zero attached hydrogens (tertiary/aromatic N) is 4. The average molecular weight is 851 g/mol. The zero-order valence-corrected chi connectivity index (χ0v) is 38.1. The largest absolute Gasteiger partial charge is 0.458 e. The fraction of sp³-hybridized carbons (Fsp3) is 0.200. The molecule has 0 unspecified atom stereocenters. The summed E-state index contributed by atoms with van der Waals surface area (Å²) in [5.41, 5.74) is 13.9. The molecule has 10 rings (SSSR count). The quantitative estimate of drug-likeness (QED) is 0.0856. The highest BCUT2D eigenvalue weighted by molar-refractivity contribution is 6.09. The molecule has 0 aliphatic carbocycles. The van der Waals surface area contributed by atoms with Crippen molar-refractivity contribution >= 4 is 32.8 Å². The van der Waals surface area contributed by atoms with E-state index in [-0.39, 0.29) is 5.92 Å². The van der Waals surface area contributed by atoms with E-state index in [4.69, 9.17) is 12.5 Å². The van der Waals surface area contributed by atoms with Crippen LogP contribution < -0.4 is 9.30 Å². The standard InChI is InChI=1S/C60H56N4O/c1-40(2)31-43-15-11-17-46(34-43)51-22-14-23-52(47-18-12-16-44(35-47)32-41(3)4)60(51)63-39-62(56-25-9-10-26-57(56)63)48-19-13-20-49(37-48)65-50-27-28-54-53-21-7-8-24-55(53)64(58(54)38-50)59-36-45(29-30-61-59)33-42(5)6/h7-30,34-38,40-42H,31-33H2,1-6H3/i33D2. The Kier molecular flexibility index (Phi) is 10.7. The fourth-order valence-corrected chi connectivity index (χ4v) is 9.39. The van der Waals surface area contributed by atoms with Crippen molar-refractivity contribution in [2.24, 2.45) is 17.8 Å². The average Bonchev–Trinajstić information content (AvgIpc) is 3.87. The minimum Gasteiger partial charge on any atom is -0.458 e. The van der Waals surface area contributed by atoms with Crippen LogP contribution in [-0.2, 0) is 19.2 Å². The van der Waals surface area contributed by atoms with Gasteiger partial charge in [-0.15, -0.1) is 0 Å². The molecule has 0 saturated heterocycles. The molecule has 65 heavy (non-hydrogen) atoms. The van der Waals surface area contributed by atoms with Crippen molar-refractivity contribution in [3.8, 4) is 50.9 Å². The van der Waals surface area contributed by atoms with Gasteiger partial charge in [0, 0.05) is 25.8 Å². The van der Waals surface area contributed by atoms with E-state index in [9.17, 15) is 0 Å². The number of benzene rings is 7. The number of para-hydroxylation sites is 4. The first kappa shape index (κ1) is 39.4. The summed E-state index contributed by atoms with van der Waals surface area (Å²) in [7, 11) is 0. The summed E-state index contributed by atoms with van der Waals surface area (Å²) in [6, 6.07) is 59.6. The second kappa shape index (κ2) is 17.7. The van der Waals surface area contributed by atoms with Crippen LogP contribution in [0.15, 0.2) is 176 Å². The van der Waals surface area contributed by atoms with Gasteiger partial charge in [-0.25, -0.2) is 4.98 Å². The molecule has 0 radical (unpaired) electrons. The molecular formula is C60H56N4O. The van der Waals surface area contributed by atoms with Crippen LogP contribution in [0.1, 0.15) is 61.0 Å². The molecule has 0 aliphatic heterocycles. The molecule has 0 spiro atoms. The number of imidazole rings is 1. The molecule has 0 fully saturated rings. The molecule has 0 N–H and O–H groups in total. The lowest BCUT2D eigenvalue weighted by atomic mass is 9.92. The van der Waals surface area contributed by atoms with Gasteiger partial charge in [-0.3, -0.25) is 13.7 Å². The van der Waals surface area contributed by atoms with Gasteiger partial charge < -0.3 is 4.74 Å². The number of hydrogen-bond donors (Lipinski definition) is 0. The van der Waals surface area contributed by atoms with Crippen molar-refractivity contribution in [1.82, 2.24) is 14.1 Å². The number of aromatic nitrogens is 4. The summed E-state index contributed by atoms with van der Waals surface area (Å²) >= 11 is 0. The maximum Gasteiger partial charge on any atom is 0.269 e. The highest BCUT2D eigenvalue weighted by Gasteiger charge is 2.21. The Balaban J connectivity index is 1.08. The molecule has 0 aliphatic rings. The molecule has 0 bridgehead atoms. The number of hydrogen-bond acceptors (Lipinski definition) is 2. The van der Waals surface area contributed by atoms with Gasteiger partial charge in [0.2, 0.25) is 0 Å². The highest BCUT2D eigenvalue weighted by atomic mass is 16.5. The lowest BCUT2D eigenvalue weighted by molar-refractivity contribution is -0.571. The van der Waals surface area contributed by atoms with Crippen molar-refractivity contribution in [3.05, 3.63) is 199 Å². The molecule has 3 heterocycles. The Morgan fingerprint density at radius 3 is 1.89 bits per heavy atom. The third kappa shape index (κ3) is 8.47. The molecule has 3 aromatic heterocycles. The summed E-state index contributed by atoms with van der Waals surface area (Å²) in [6.45, 7) is 12.9. The predicted octanol–water partition coefficient (Wildman–Crippen LogP) is 14.9. The Morgan fingerprint density at radius 1 is 0.554 bits per heavy atom. The van der Waals surface area contributed by atoms with Crippen LogP contribution in [0.25, 0.3) is 72.3 Å². The zero-order chi connectivity index (χ0) is 46.4. The third-order valence-electron chi connectivity index (χ3n) is 12.0. The van der Waals surface area contributed by atoms with Gasteiger partial charge in [0.1, 0.15) is 17.3 Å². The van der Waals surface area contributed by atoms with Gasteiger partial charge in [0.15, 0.2) is 0 Å². The summed E-state index contributed by atoms with van der Waals surface area (Å²) in [4.78, 5) is 4.78. The van der Waals surface area contributed by atoms with Gasteiger partial charge in [-0.2, -0.15) is 0 Å². The first-order valence-electron chi connectivity index (χ1n) is 24.0. The maximum atomic E-state index is 8.84. The molecule has 5 heteroatoms. The lowest BCUT2D eigenvalue weighted by Gasteiger charge is -2.18. The number of pyridine rings is 1. The summed E-state index contributed by atoms with van der Waals surface area (Å²) in [5, 5.41) is 2.15. The van der Waals surface area contributed by atoms with Crippen LogP contribution in [0.3, 0.4) is 0 Å². The van der Waals surface area contributed by atoms with Crippen LogP contribution in [0.2, 0.25) is 0 Å². The monoisotopic (exact) mass is 850 g/mol. The van der Waals surface area contributed by atoms with Gasteiger partial charge in [-0.1, -0.05) is 157 Å². The smallest absolute Gasteiger partial charge is 0.269 e. The third-order valence-corrected chi connectivity index (χ3v) is 12.0. The van der Waals surface area contributed by atoms with Crippen LogP contribution in [0.4, 0.5) is 0 Å². The van der Waals surface area contributed by atoms with Crippen molar-refractivity contribution < 1.29 is 12.0 Å². The molecule has 0 saturated carbocycles. The van der Waals surface area contributed by atoms with Crippen molar-refractivity contribution in [1.29, 1.82) is 0 Å². The first-order chi connectivity index (χ1) is 32.4. The Morgan fingerprint density at radius 2 is 1.18 bits per heavy atom. The molecule has 7 aromatic carbocycles. The van der Waals surface area contributed by atoms with Gasteiger partial charge in [-0.05, 0) is 124 Å². The van der Waals surface area contributed by atoms with E-state index in [0.717, 1.165) is 68.2 Å². The molecule has 10 aromatic rings. The zero-order valence-electron chi connectivity index (χ0n) is 40.1. The molecule has 0 atom stereocenters. The number of ether oxygens (including phenoxy) is 1. The highest BCUT2D eigenvalue weighted by Crippen LogP contribution is 2.38. The van der Waals surface area contributed by atoms with Crippen LogP contribution in [0, 0.1) is 24.1 Å². The van der Waals surface area contributed by atoms with Crippen LogP contribution >= 0.6 is 0 Å². The van der Waals surface area contributed by atoms with E-state index in [1.807, 2.05) is 50.2 Å². The van der Waals surface area contributed by atoms with Crippen molar-refractivity contribution in [3.63, 3.8) is 0 Å². The molecule has 322 valence electrons. The Labute approximate surface area is 386 Å². The van der Waals surface area contributed by atoms with Crippen molar-refractivity contribution in [2.45, 2.75) is 60.8 Å². The van der Waals surface area contributed by atoms with E-state index in [1.54, 1.807) is 12.3 Å². The minimum atomic E-state index is -1.51. The summed E-state index contributed by atoms with van der Waals surface area (Å²) in [5.74, 6) is 2.91. The minimum absolute atomic E-state index is 0.202. The topological polar surface area (TPSA) is 35.9 Å². The van der Waals surface area contributed by atoms with Gasteiger partial charge in [0.05, 0.1) is 33.4 Å². The first-order valence-corrected chi connectivity index (χ1v) is 23.0. The van der Waals surface area contributed by atoms with E-state index in [1.165, 1.54) is 22.3 Å². The summed E-state index contributed by atoms with van der Waals surface area (Å²) < 4.78 is 30.9.